The highest BCUT2D eigenvalue weighted by Gasteiger charge is 2.44. The van der Waals surface area contributed by atoms with Gasteiger partial charge in [-0.1, -0.05) is 37.0 Å². The first-order valence-electron chi connectivity index (χ1n) is 34.7. The van der Waals surface area contributed by atoms with Gasteiger partial charge in [0.15, 0.2) is 24.7 Å². The van der Waals surface area contributed by atoms with E-state index in [2.05, 4.69) is 97.3 Å². The maximum atomic E-state index is 13.9. The molecule has 0 radical (unpaired) electrons. The molecule has 26 heteroatoms. The van der Waals surface area contributed by atoms with Gasteiger partial charge in [-0.25, -0.2) is 33.1 Å². The van der Waals surface area contributed by atoms with Crippen LogP contribution in [0.4, 0.5) is 13.2 Å². The highest BCUT2D eigenvalue weighted by molar-refractivity contribution is 6.31. The summed E-state index contributed by atoms with van der Waals surface area (Å²) in [6.07, 6.45) is 18.6. The number of aromatic nitrogens is 8. The van der Waals surface area contributed by atoms with Gasteiger partial charge in [0.25, 0.3) is 5.97 Å². The monoisotopic (exact) mass is 1490 g/mol. The number of nitrogens with one attached hydrogen (secondary N) is 1. The highest BCUT2D eigenvalue weighted by Crippen LogP contribution is 2.43. The van der Waals surface area contributed by atoms with Crippen molar-refractivity contribution >= 4 is 48.0 Å². The summed E-state index contributed by atoms with van der Waals surface area (Å²) >= 11 is 11.2. The Morgan fingerprint density at radius 2 is 0.858 bits per heavy atom. The number of halogens is 5. The highest BCUT2D eigenvalue weighted by atomic mass is 35.5. The lowest BCUT2D eigenvalue weighted by Gasteiger charge is -2.27. The number of aromatic hydroxyl groups is 3. The van der Waals surface area contributed by atoms with Gasteiger partial charge in [-0.15, -0.1) is 0 Å². The molecule has 14 rings (SSSR count). The lowest BCUT2D eigenvalue weighted by Crippen LogP contribution is -2.35. The molecule has 0 amide bonds. The number of ether oxygens (including phenoxy) is 1. The fraction of sp³-hybridized carbons (Fsp3) is 0.350. The van der Waals surface area contributed by atoms with Gasteiger partial charge in [-0.2, -0.15) is 0 Å². The number of aliphatic carboxylic acids is 1. The van der Waals surface area contributed by atoms with Crippen molar-refractivity contribution in [3.8, 4) is 73.8 Å². The van der Waals surface area contributed by atoms with Gasteiger partial charge in [0.1, 0.15) is 63.7 Å². The summed E-state index contributed by atoms with van der Waals surface area (Å²) < 4.78 is 52.8. The van der Waals surface area contributed by atoms with Gasteiger partial charge in [0.05, 0.1) is 78.3 Å². The van der Waals surface area contributed by atoms with Crippen molar-refractivity contribution in [3.05, 3.63) is 208 Å². The Kier molecular flexibility index (Phi) is 27.7. The van der Waals surface area contributed by atoms with Crippen LogP contribution >= 0.6 is 23.2 Å². The average molecular weight is 1490 g/mol. The number of hydrogen-bond acceptors (Lipinski definition) is 16. The number of carboxylic acid groups (broad SMARTS) is 1. The van der Waals surface area contributed by atoms with Crippen LogP contribution in [0.3, 0.4) is 0 Å². The fourth-order valence-electron chi connectivity index (χ4n) is 11.1. The Labute approximate surface area is 626 Å². The number of carboxylic acids is 1. The number of carbonyl (C=O) groups is 4. The molecule has 6 aromatic carbocycles. The molecule has 4 heterocycles. The van der Waals surface area contributed by atoms with E-state index in [1.165, 1.54) is 57.4 Å². The summed E-state index contributed by atoms with van der Waals surface area (Å²) in [6, 6.07) is 32.9. The summed E-state index contributed by atoms with van der Waals surface area (Å²) in [7, 11) is 7.89. The van der Waals surface area contributed by atoms with Crippen LogP contribution in [0, 0.1) is 17.5 Å². The van der Waals surface area contributed by atoms with Crippen molar-refractivity contribution in [1.82, 2.24) is 53.3 Å². The van der Waals surface area contributed by atoms with E-state index in [-0.39, 0.29) is 44.7 Å². The third-order valence-corrected chi connectivity index (χ3v) is 19.6. The molecule has 21 nitrogen and oxygen atoms in total. The lowest BCUT2D eigenvalue weighted by molar-refractivity contribution is -0.134. The second-order valence-electron chi connectivity index (χ2n) is 27.7. The summed E-state index contributed by atoms with van der Waals surface area (Å²) in [5.74, 6) is 1.48. The van der Waals surface area contributed by atoms with E-state index in [1.54, 1.807) is 78.5 Å². The molecule has 7 N–H and O–H groups in total. The second-order valence-corrected chi connectivity index (χ2v) is 28.6. The zero-order chi connectivity index (χ0) is 77.4. The summed E-state index contributed by atoms with van der Waals surface area (Å²) in [5.41, 5.74) is 14.0. The fourth-order valence-corrected chi connectivity index (χ4v) is 11.5. The molecule has 4 fully saturated rings. The van der Waals surface area contributed by atoms with Gasteiger partial charge in [-0.05, 0) is 207 Å². The molecule has 0 bridgehead atoms. The molecule has 562 valence electrons. The maximum absolute atomic E-state index is 13.9. The smallest absolute Gasteiger partial charge is 0.300 e. The molecular weight excluding hydrogens is 1400 g/mol. The first-order valence-corrected chi connectivity index (χ1v) is 35.4. The van der Waals surface area contributed by atoms with Crippen molar-refractivity contribution in [2.45, 2.75) is 142 Å². The number of benzene rings is 6. The van der Waals surface area contributed by atoms with Gasteiger partial charge >= 0.3 is 0 Å². The molecule has 4 aliphatic rings. The van der Waals surface area contributed by atoms with Crippen LogP contribution in [0.5, 0.6) is 28.7 Å². The van der Waals surface area contributed by atoms with E-state index < -0.39 is 29.0 Å². The summed E-state index contributed by atoms with van der Waals surface area (Å²) in [5, 5.41) is 38.9. The van der Waals surface area contributed by atoms with Crippen LogP contribution in [0.1, 0.15) is 149 Å². The zero-order valence-corrected chi connectivity index (χ0v) is 63.1. The van der Waals surface area contributed by atoms with Crippen molar-refractivity contribution in [2.24, 2.45) is 33.9 Å². The van der Waals surface area contributed by atoms with Crippen molar-refractivity contribution < 1.29 is 57.5 Å². The van der Waals surface area contributed by atoms with Crippen LogP contribution in [-0.4, -0.2) is 129 Å². The number of aldehydes is 3. The van der Waals surface area contributed by atoms with Crippen LogP contribution in [0.2, 0.25) is 10.0 Å². The van der Waals surface area contributed by atoms with Gasteiger partial charge in [0, 0.05) is 95.6 Å². The van der Waals surface area contributed by atoms with Crippen molar-refractivity contribution in [2.75, 3.05) is 13.1 Å². The number of hydrogen-bond donors (Lipinski definition) is 6. The molecule has 4 aromatic heterocycles. The van der Waals surface area contributed by atoms with E-state index in [0.29, 0.717) is 46.5 Å². The molecule has 0 saturated heterocycles. The average Bonchev–Trinajstić information content (AvgIpc) is 1.72. The third-order valence-electron chi connectivity index (χ3n) is 19.2. The van der Waals surface area contributed by atoms with Crippen LogP contribution in [0.25, 0.3) is 45.0 Å². The molecule has 106 heavy (non-hydrogen) atoms. The van der Waals surface area contributed by atoms with Crippen LogP contribution in [0.15, 0.2) is 146 Å². The van der Waals surface area contributed by atoms with E-state index in [9.17, 15) is 37.8 Å². The summed E-state index contributed by atoms with van der Waals surface area (Å²) in [4.78, 5) is 63.5. The molecule has 0 atom stereocenters. The number of carbonyl (C=O) groups excluding carboxylic acids is 3. The molecule has 4 saturated carbocycles. The van der Waals surface area contributed by atoms with Gasteiger partial charge in [-0.3, -0.25) is 29.0 Å². The Balaban J connectivity index is 0.000000168. The largest absolute Gasteiger partial charge is 0.508 e. The maximum Gasteiger partial charge on any atom is 0.300 e. The number of phenolic OH excluding ortho intramolecular Hbond substituents is 3. The van der Waals surface area contributed by atoms with Crippen LogP contribution in [-0.2, 0) is 52.6 Å². The Morgan fingerprint density at radius 3 is 1.19 bits per heavy atom. The minimum Gasteiger partial charge on any atom is -0.508 e. The number of phenols is 3. The molecule has 0 spiro atoms. The van der Waals surface area contributed by atoms with E-state index in [1.807, 2.05) is 69.1 Å². The van der Waals surface area contributed by atoms with Gasteiger partial charge in [0.2, 0.25) is 0 Å². The standard InChI is InChI=1S/C24H25ClFN3O2.C17H23N3O.C15H19N3O.C11H10N2O2.C7H3ClF2O.C4H9N.C2H4O2/c1-4-29(24(2)9-10-24)14-23-27-13-21(28(23)3)16-5-7-18(8-6-16)31-22-12-17(25)11-20(26)19(22)15-30;1-4-20(17(2)9-10-17)12-16-18-11-15(19(16)3)13-5-7-14(21)8-6-13;1-15(7-8-15)17-10-14-16-9-13(18(14)2)11-3-5-12(19)6-4-11;1-13-10(6-12-11(13)7-14)8-2-4-9(15)5-3-8;8-4-1-6(9)5(3-11)7(10)2-4;1-4(5)2-3-4;1-2(3)4/h5-8,11-13,15H,4,9-10,14H2,1-3H3;5-8,11,21H,4,9-10,12H2,1-3H3;3-6,9,17,19H,7-8,10H2,1-2H3;2-7,15H,1H3;1-3H;2-3,5H2,1H3;1H3,(H,3,4). The first-order chi connectivity index (χ1) is 50.3. The SMILES string of the molecule is CC(=O)O.CC1(N)CC1.CCN(Cc1ncc(-c2ccc(O)cc2)n1C)C1(C)CC1.CCN(Cc1ncc(-c2ccc(Oc3cc(Cl)cc(F)c3C=O)cc2)n1C)C1(C)CC1.Cn1c(-c2ccc(O)cc2)cnc1C=O.Cn1c(-c2ccc(O)cc2)cnc1CNC1(C)CC1.O=Cc1c(F)cc(Cl)cc1F. The summed E-state index contributed by atoms with van der Waals surface area (Å²) in [6.45, 7) is 19.0. The second kappa shape index (κ2) is 35.9. The Hall–Kier alpha value is -9.95. The predicted octanol–water partition coefficient (Wildman–Crippen LogP) is 16.1. The topological polar surface area (TPSA) is 274 Å². The first kappa shape index (κ1) is 81.7. The molecule has 4 aliphatic carbocycles. The number of imidazole rings is 4. The lowest BCUT2D eigenvalue weighted by atomic mass is 10.1. The van der Waals surface area contributed by atoms with Crippen LogP contribution < -0.4 is 15.8 Å². The molecule has 10 aromatic rings. The van der Waals surface area contributed by atoms with E-state index in [4.69, 9.17) is 48.7 Å². The molecular formula is C80H93Cl2F3N12O9. The number of rotatable bonds is 20. The molecule has 0 aliphatic heterocycles. The quantitative estimate of drug-likeness (QED) is 0.0387. The number of nitrogens with two attached hydrogens (primary N) is 1. The third kappa shape index (κ3) is 22.5. The van der Waals surface area contributed by atoms with Crippen molar-refractivity contribution in [1.29, 1.82) is 0 Å². The van der Waals surface area contributed by atoms with Gasteiger partial charge < -0.3 is 54.5 Å². The Morgan fingerprint density at radius 1 is 0.528 bits per heavy atom. The Bertz CT molecular complexity index is 4590. The normalized spacial score (nSPS) is 14.6. The van der Waals surface area contributed by atoms with E-state index in [0.717, 1.165) is 120 Å². The predicted molar refractivity (Wildman–Crippen MR) is 406 cm³/mol. The number of nitrogens with zero attached hydrogens (tertiary/aromatic N) is 10. The van der Waals surface area contributed by atoms with Crippen molar-refractivity contribution in [3.63, 3.8) is 0 Å². The molecule has 0 unspecified atom stereocenters. The zero-order valence-electron chi connectivity index (χ0n) is 61.6. The van der Waals surface area contributed by atoms with E-state index >= 15 is 0 Å². The minimum absolute atomic E-state index is 0.0643. The minimum atomic E-state index is -0.940.